The van der Waals surface area contributed by atoms with Gasteiger partial charge in [0.05, 0.1) is 0 Å². The van der Waals surface area contributed by atoms with E-state index in [-0.39, 0.29) is 12.5 Å². The number of aliphatic hydroxyl groups excluding tert-OH is 1. The summed E-state index contributed by atoms with van der Waals surface area (Å²) >= 11 is 0. The van der Waals surface area contributed by atoms with Gasteiger partial charge in [-0.15, -0.1) is 0 Å². The molecule has 2 N–H and O–H groups in total. The van der Waals surface area contributed by atoms with Gasteiger partial charge in [0.25, 0.3) is 5.91 Å². The van der Waals surface area contributed by atoms with Crippen molar-refractivity contribution in [2.24, 2.45) is 0 Å². The van der Waals surface area contributed by atoms with Crippen LogP contribution >= 0.6 is 0 Å². The highest BCUT2D eigenvalue weighted by molar-refractivity contribution is 5.94. The van der Waals surface area contributed by atoms with Gasteiger partial charge in [-0.3, -0.25) is 4.79 Å². The maximum atomic E-state index is 12.0. The summed E-state index contributed by atoms with van der Waals surface area (Å²) in [7, 11) is 4.02. The van der Waals surface area contributed by atoms with E-state index in [1.807, 2.05) is 27.1 Å². The number of rotatable bonds is 5. The Hall–Kier alpha value is -1.83. The molecule has 0 bridgehead atoms. The molecular formula is C16H22N2O2. The molecule has 1 amide bonds. The van der Waals surface area contributed by atoms with Crippen LogP contribution in [0.15, 0.2) is 18.2 Å². The Morgan fingerprint density at radius 1 is 1.40 bits per heavy atom. The van der Waals surface area contributed by atoms with Crippen LogP contribution in [0.4, 0.5) is 0 Å². The summed E-state index contributed by atoms with van der Waals surface area (Å²) in [6.07, 6.45) is 0.918. The van der Waals surface area contributed by atoms with Gasteiger partial charge in [0.15, 0.2) is 0 Å². The minimum absolute atomic E-state index is 0.0872. The van der Waals surface area contributed by atoms with Crippen LogP contribution in [0.25, 0.3) is 0 Å². The summed E-state index contributed by atoms with van der Waals surface area (Å²) < 4.78 is 0. The Labute approximate surface area is 120 Å². The minimum Gasteiger partial charge on any atom is -0.384 e. The third kappa shape index (κ3) is 5.43. The molecule has 0 spiro atoms. The maximum Gasteiger partial charge on any atom is 0.251 e. The van der Waals surface area contributed by atoms with Crippen LogP contribution in [0.5, 0.6) is 0 Å². The van der Waals surface area contributed by atoms with Gasteiger partial charge in [-0.05, 0) is 51.7 Å². The molecule has 1 aromatic rings. The highest BCUT2D eigenvalue weighted by atomic mass is 16.2. The zero-order valence-electron chi connectivity index (χ0n) is 12.4. The van der Waals surface area contributed by atoms with Crippen LogP contribution in [0, 0.1) is 18.8 Å². The molecule has 20 heavy (non-hydrogen) atoms. The molecule has 0 saturated heterocycles. The molecule has 1 aromatic carbocycles. The summed E-state index contributed by atoms with van der Waals surface area (Å²) in [5, 5.41) is 11.6. The van der Waals surface area contributed by atoms with Crippen molar-refractivity contribution in [3.63, 3.8) is 0 Å². The first kappa shape index (κ1) is 16.2. The van der Waals surface area contributed by atoms with Gasteiger partial charge in [-0.1, -0.05) is 17.9 Å². The Balaban J connectivity index is 2.64. The smallest absolute Gasteiger partial charge is 0.251 e. The zero-order chi connectivity index (χ0) is 15.0. The summed E-state index contributed by atoms with van der Waals surface area (Å²) in [6.45, 7) is 3.35. The second kappa shape index (κ2) is 8.36. The Morgan fingerprint density at radius 2 is 2.15 bits per heavy atom. The summed E-state index contributed by atoms with van der Waals surface area (Å²) in [4.78, 5) is 14.1. The fourth-order valence-electron chi connectivity index (χ4n) is 1.73. The van der Waals surface area contributed by atoms with E-state index in [0.717, 1.165) is 24.1 Å². The second-order valence-electron chi connectivity index (χ2n) is 4.90. The average Bonchev–Trinajstić information content (AvgIpc) is 2.42. The molecule has 1 rings (SSSR count). The summed E-state index contributed by atoms with van der Waals surface area (Å²) in [5.74, 6) is 5.37. The van der Waals surface area contributed by atoms with Gasteiger partial charge in [0.1, 0.15) is 6.61 Å². The first-order valence-corrected chi connectivity index (χ1v) is 6.68. The molecule has 0 unspecified atom stereocenters. The zero-order valence-corrected chi connectivity index (χ0v) is 12.4. The first-order chi connectivity index (χ1) is 9.54. The van der Waals surface area contributed by atoms with Gasteiger partial charge in [0.2, 0.25) is 0 Å². The number of carbonyl (C=O) groups excluding carboxylic acids is 1. The standard InChI is InChI=1S/C16H22N2O2/c1-13-7-8-15(12-14(13)6-4-11-19)16(20)17-9-5-10-18(2)3/h7-8,12,19H,5,9-11H2,1-3H3,(H,17,20). The van der Waals surface area contributed by atoms with E-state index < -0.39 is 0 Å². The topological polar surface area (TPSA) is 52.6 Å². The van der Waals surface area contributed by atoms with Crippen LogP contribution in [0.3, 0.4) is 0 Å². The maximum absolute atomic E-state index is 12.0. The Morgan fingerprint density at radius 3 is 2.80 bits per heavy atom. The molecular weight excluding hydrogens is 252 g/mol. The van der Waals surface area contributed by atoms with Gasteiger partial charge >= 0.3 is 0 Å². The van der Waals surface area contributed by atoms with E-state index in [1.54, 1.807) is 12.1 Å². The van der Waals surface area contributed by atoms with E-state index in [0.29, 0.717) is 12.1 Å². The fourth-order valence-corrected chi connectivity index (χ4v) is 1.73. The lowest BCUT2D eigenvalue weighted by molar-refractivity contribution is 0.0952. The van der Waals surface area contributed by atoms with E-state index in [2.05, 4.69) is 22.1 Å². The van der Waals surface area contributed by atoms with Crippen molar-refractivity contribution in [3.05, 3.63) is 34.9 Å². The number of hydrogen-bond acceptors (Lipinski definition) is 3. The number of nitrogens with one attached hydrogen (secondary N) is 1. The molecule has 0 aliphatic heterocycles. The van der Waals surface area contributed by atoms with Gasteiger partial charge in [-0.25, -0.2) is 0 Å². The van der Waals surface area contributed by atoms with Crippen LogP contribution in [-0.4, -0.2) is 49.7 Å². The van der Waals surface area contributed by atoms with Crippen LogP contribution < -0.4 is 5.32 Å². The van der Waals surface area contributed by atoms with Crippen molar-refractivity contribution in [3.8, 4) is 11.8 Å². The highest BCUT2D eigenvalue weighted by Crippen LogP contribution is 2.10. The lowest BCUT2D eigenvalue weighted by Gasteiger charge is -2.10. The number of aliphatic hydroxyl groups is 1. The molecule has 0 heterocycles. The van der Waals surface area contributed by atoms with Crippen molar-refractivity contribution in [2.45, 2.75) is 13.3 Å². The summed E-state index contributed by atoms with van der Waals surface area (Å²) in [6, 6.07) is 5.43. The molecule has 0 aliphatic rings. The first-order valence-electron chi connectivity index (χ1n) is 6.68. The van der Waals surface area contributed by atoms with Gasteiger partial charge < -0.3 is 15.3 Å². The molecule has 0 atom stereocenters. The van der Waals surface area contributed by atoms with Crippen molar-refractivity contribution >= 4 is 5.91 Å². The van der Waals surface area contributed by atoms with Crippen molar-refractivity contribution in [1.29, 1.82) is 0 Å². The van der Waals surface area contributed by atoms with E-state index in [1.165, 1.54) is 0 Å². The normalized spacial score (nSPS) is 10.1. The predicted molar refractivity (Wildman–Crippen MR) is 80.6 cm³/mol. The predicted octanol–water partition coefficient (Wildman–Crippen LogP) is 1.02. The highest BCUT2D eigenvalue weighted by Gasteiger charge is 2.06. The van der Waals surface area contributed by atoms with Crippen LogP contribution in [-0.2, 0) is 0 Å². The molecule has 0 radical (unpaired) electrons. The SMILES string of the molecule is Cc1ccc(C(=O)NCCCN(C)C)cc1C#CCO. The number of hydrogen-bond donors (Lipinski definition) is 2. The molecule has 0 fully saturated rings. The largest absolute Gasteiger partial charge is 0.384 e. The lowest BCUT2D eigenvalue weighted by atomic mass is 10.0. The Kier molecular flexibility index (Phi) is 6.78. The molecule has 108 valence electrons. The molecule has 0 saturated carbocycles. The number of amides is 1. The number of benzene rings is 1. The lowest BCUT2D eigenvalue weighted by Crippen LogP contribution is -2.27. The Bertz CT molecular complexity index is 513. The summed E-state index contributed by atoms with van der Waals surface area (Å²) in [5.41, 5.74) is 2.37. The fraction of sp³-hybridized carbons (Fsp3) is 0.438. The van der Waals surface area contributed by atoms with Crippen molar-refractivity contribution < 1.29 is 9.90 Å². The van der Waals surface area contributed by atoms with Crippen molar-refractivity contribution in [2.75, 3.05) is 33.8 Å². The van der Waals surface area contributed by atoms with Crippen molar-refractivity contribution in [1.82, 2.24) is 10.2 Å². The molecule has 4 heteroatoms. The second-order valence-corrected chi connectivity index (χ2v) is 4.90. The van der Waals surface area contributed by atoms with Gasteiger partial charge in [-0.2, -0.15) is 0 Å². The average molecular weight is 274 g/mol. The third-order valence-corrected chi connectivity index (χ3v) is 2.87. The molecule has 0 aliphatic carbocycles. The number of nitrogens with zero attached hydrogens (tertiary/aromatic N) is 1. The molecule has 0 aromatic heterocycles. The van der Waals surface area contributed by atoms with Gasteiger partial charge in [0, 0.05) is 17.7 Å². The van der Waals surface area contributed by atoms with E-state index in [9.17, 15) is 4.79 Å². The quantitative estimate of drug-likeness (QED) is 0.622. The minimum atomic E-state index is -0.180. The van der Waals surface area contributed by atoms with E-state index >= 15 is 0 Å². The third-order valence-electron chi connectivity index (χ3n) is 2.87. The monoisotopic (exact) mass is 274 g/mol. The van der Waals surface area contributed by atoms with E-state index in [4.69, 9.17) is 5.11 Å². The van der Waals surface area contributed by atoms with Crippen LogP contribution in [0.1, 0.15) is 27.9 Å². The number of aryl methyl sites for hydroxylation is 1. The number of carbonyl (C=O) groups is 1. The molecule has 4 nitrogen and oxygen atoms in total. The van der Waals surface area contributed by atoms with Crippen LogP contribution in [0.2, 0.25) is 0 Å².